The molecule has 0 aliphatic carbocycles. The Morgan fingerprint density at radius 1 is 1.14 bits per heavy atom. The second-order valence-corrected chi connectivity index (χ2v) is 5.59. The monoisotopic (exact) mass is 314 g/mol. The van der Waals surface area contributed by atoms with E-state index in [0.717, 1.165) is 16.0 Å². The topological polar surface area (TPSA) is 74.4 Å². The quantitative estimate of drug-likeness (QED) is 0.578. The predicted molar refractivity (Wildman–Crippen MR) is 86.3 cm³/mol. The zero-order valence-corrected chi connectivity index (χ0v) is 12.5. The van der Waals surface area contributed by atoms with Gasteiger partial charge in [-0.3, -0.25) is 0 Å². The highest BCUT2D eigenvalue weighted by Gasteiger charge is 2.10. The molecule has 2 aromatic carbocycles. The molecule has 0 aliphatic heterocycles. The smallest absolute Gasteiger partial charge is 0.338 e. The van der Waals surface area contributed by atoms with Crippen LogP contribution in [0.4, 0.5) is 5.13 Å². The van der Waals surface area contributed by atoms with Gasteiger partial charge in [0.1, 0.15) is 19.0 Å². The number of anilines is 1. The number of nitrogen functional groups attached to an aromatic ring is 1. The highest BCUT2D eigenvalue weighted by molar-refractivity contribution is 7.22. The Hall–Kier alpha value is -2.60. The van der Waals surface area contributed by atoms with Crippen molar-refractivity contribution in [2.75, 3.05) is 18.9 Å². The molecule has 0 spiro atoms. The van der Waals surface area contributed by atoms with Crippen LogP contribution in [0.1, 0.15) is 10.4 Å². The van der Waals surface area contributed by atoms with Crippen molar-refractivity contribution in [3.8, 4) is 5.75 Å². The molecule has 22 heavy (non-hydrogen) atoms. The molecule has 1 aromatic heterocycles. The summed E-state index contributed by atoms with van der Waals surface area (Å²) >= 11 is 1.34. The molecule has 0 amide bonds. The molecule has 6 heteroatoms. The Morgan fingerprint density at radius 3 is 2.77 bits per heavy atom. The number of esters is 1. The number of aromatic nitrogens is 1. The van der Waals surface area contributed by atoms with Gasteiger partial charge >= 0.3 is 5.97 Å². The number of hydrogen-bond acceptors (Lipinski definition) is 6. The summed E-state index contributed by atoms with van der Waals surface area (Å²) in [5, 5.41) is 0.483. The lowest BCUT2D eigenvalue weighted by Crippen LogP contribution is -2.12. The number of fused-ring (bicyclic) bond motifs is 1. The minimum absolute atomic E-state index is 0.191. The summed E-state index contributed by atoms with van der Waals surface area (Å²) in [7, 11) is 0. The number of para-hydroxylation sites is 1. The molecule has 0 saturated carbocycles. The van der Waals surface area contributed by atoms with Crippen LogP contribution in [0.2, 0.25) is 0 Å². The van der Waals surface area contributed by atoms with Crippen LogP contribution in [0.5, 0.6) is 5.75 Å². The summed E-state index contributed by atoms with van der Waals surface area (Å²) < 4.78 is 11.5. The van der Waals surface area contributed by atoms with Crippen molar-refractivity contribution in [3.63, 3.8) is 0 Å². The van der Waals surface area contributed by atoms with E-state index in [1.54, 1.807) is 18.2 Å². The third-order valence-electron chi connectivity index (χ3n) is 2.97. The molecule has 2 N–H and O–H groups in total. The Morgan fingerprint density at radius 2 is 1.95 bits per heavy atom. The maximum atomic E-state index is 12.0. The zero-order chi connectivity index (χ0) is 15.4. The highest BCUT2D eigenvalue weighted by atomic mass is 32.1. The summed E-state index contributed by atoms with van der Waals surface area (Å²) in [4.78, 5) is 16.1. The van der Waals surface area contributed by atoms with Gasteiger partial charge in [0, 0.05) is 0 Å². The summed E-state index contributed by atoms with van der Waals surface area (Å²) in [6.45, 7) is 0.502. The first-order valence-corrected chi connectivity index (χ1v) is 7.55. The van der Waals surface area contributed by atoms with Crippen LogP contribution < -0.4 is 10.5 Å². The van der Waals surface area contributed by atoms with Crippen molar-refractivity contribution >= 4 is 32.7 Å². The van der Waals surface area contributed by atoms with E-state index in [4.69, 9.17) is 15.2 Å². The van der Waals surface area contributed by atoms with Gasteiger partial charge in [-0.15, -0.1) is 0 Å². The summed E-state index contributed by atoms with van der Waals surface area (Å²) in [6, 6.07) is 14.6. The first-order chi connectivity index (χ1) is 10.7. The van der Waals surface area contributed by atoms with Crippen LogP contribution in [-0.2, 0) is 4.74 Å². The second-order valence-electron chi connectivity index (χ2n) is 4.53. The number of hydrogen-bond donors (Lipinski definition) is 1. The number of nitrogens with zero attached hydrogens (tertiary/aromatic N) is 1. The minimum atomic E-state index is -0.384. The average molecular weight is 314 g/mol. The fourth-order valence-corrected chi connectivity index (χ4v) is 2.74. The van der Waals surface area contributed by atoms with Gasteiger partial charge in [-0.1, -0.05) is 29.5 Å². The largest absolute Gasteiger partial charge is 0.490 e. The van der Waals surface area contributed by atoms with Crippen molar-refractivity contribution in [1.29, 1.82) is 0 Å². The number of nitrogens with two attached hydrogens (primary N) is 1. The van der Waals surface area contributed by atoms with Crippen LogP contribution >= 0.6 is 11.3 Å². The Kier molecular flexibility index (Phi) is 4.20. The summed E-state index contributed by atoms with van der Waals surface area (Å²) in [5.74, 6) is 0.366. The third-order valence-corrected chi connectivity index (χ3v) is 3.82. The van der Waals surface area contributed by atoms with Crippen LogP contribution in [-0.4, -0.2) is 24.2 Å². The summed E-state index contributed by atoms with van der Waals surface area (Å²) in [5.41, 5.74) is 6.91. The second kappa shape index (κ2) is 6.44. The molecule has 0 aliphatic rings. The molecule has 0 radical (unpaired) electrons. The van der Waals surface area contributed by atoms with Gasteiger partial charge in [-0.05, 0) is 30.3 Å². The predicted octanol–water partition coefficient (Wildman–Crippen LogP) is 3.11. The number of carbonyl (C=O) groups excluding carboxylic acids is 1. The number of carbonyl (C=O) groups is 1. The van der Waals surface area contributed by atoms with E-state index < -0.39 is 0 Å². The molecule has 0 atom stereocenters. The van der Waals surface area contributed by atoms with Crippen LogP contribution in [0.3, 0.4) is 0 Å². The molecule has 0 fully saturated rings. The van der Waals surface area contributed by atoms with E-state index in [0.29, 0.717) is 17.3 Å². The summed E-state index contributed by atoms with van der Waals surface area (Å²) in [6.07, 6.45) is 0. The van der Waals surface area contributed by atoms with E-state index in [9.17, 15) is 4.79 Å². The molecular formula is C16H14N2O3S. The lowest BCUT2D eigenvalue weighted by molar-refractivity contribution is 0.0450. The van der Waals surface area contributed by atoms with Gasteiger partial charge in [0.2, 0.25) is 0 Å². The van der Waals surface area contributed by atoms with E-state index >= 15 is 0 Å². The Labute approximate surface area is 131 Å². The minimum Gasteiger partial charge on any atom is -0.490 e. The van der Waals surface area contributed by atoms with Crippen molar-refractivity contribution in [2.24, 2.45) is 0 Å². The molecule has 0 saturated heterocycles. The molecular weight excluding hydrogens is 300 g/mol. The first kappa shape index (κ1) is 14.3. The molecule has 112 valence electrons. The first-order valence-electron chi connectivity index (χ1n) is 6.73. The molecule has 0 unspecified atom stereocenters. The zero-order valence-electron chi connectivity index (χ0n) is 11.7. The Bertz CT molecular complexity index is 786. The molecule has 1 heterocycles. The van der Waals surface area contributed by atoms with E-state index in [1.165, 1.54) is 11.3 Å². The average Bonchev–Trinajstić information content (AvgIpc) is 2.91. The SMILES string of the molecule is Nc1nc2ccc(C(=O)OCCOc3ccccc3)cc2s1. The van der Waals surface area contributed by atoms with Crippen molar-refractivity contribution in [2.45, 2.75) is 0 Å². The fourth-order valence-electron chi connectivity index (χ4n) is 1.96. The fraction of sp³-hybridized carbons (Fsp3) is 0.125. The third kappa shape index (κ3) is 3.35. The lowest BCUT2D eigenvalue weighted by atomic mass is 10.2. The van der Waals surface area contributed by atoms with Crippen molar-refractivity contribution < 1.29 is 14.3 Å². The molecule has 0 bridgehead atoms. The standard InChI is InChI=1S/C16H14N2O3S/c17-16-18-13-7-6-11(10-14(13)22-16)15(19)21-9-8-20-12-4-2-1-3-5-12/h1-7,10H,8-9H2,(H2,17,18). The maximum absolute atomic E-state index is 12.0. The number of rotatable bonds is 5. The van der Waals surface area contributed by atoms with E-state index in [2.05, 4.69) is 4.98 Å². The van der Waals surface area contributed by atoms with Crippen LogP contribution in [0.25, 0.3) is 10.2 Å². The van der Waals surface area contributed by atoms with Gasteiger partial charge in [-0.25, -0.2) is 9.78 Å². The molecule has 3 rings (SSSR count). The molecule has 5 nitrogen and oxygen atoms in total. The number of benzene rings is 2. The molecule has 3 aromatic rings. The van der Waals surface area contributed by atoms with Gasteiger partial charge in [0.05, 0.1) is 15.8 Å². The van der Waals surface area contributed by atoms with Crippen molar-refractivity contribution in [1.82, 2.24) is 4.98 Å². The number of thiazole rings is 1. The highest BCUT2D eigenvalue weighted by Crippen LogP contribution is 2.24. The van der Waals surface area contributed by atoms with Crippen molar-refractivity contribution in [3.05, 3.63) is 54.1 Å². The van der Waals surface area contributed by atoms with Crippen LogP contribution in [0.15, 0.2) is 48.5 Å². The van der Waals surface area contributed by atoms with Gasteiger partial charge in [0.15, 0.2) is 5.13 Å². The Balaban J connectivity index is 1.54. The van der Waals surface area contributed by atoms with Gasteiger partial charge in [-0.2, -0.15) is 0 Å². The number of ether oxygens (including phenoxy) is 2. The van der Waals surface area contributed by atoms with E-state index in [1.807, 2.05) is 30.3 Å². The van der Waals surface area contributed by atoms with Gasteiger partial charge < -0.3 is 15.2 Å². The van der Waals surface area contributed by atoms with E-state index in [-0.39, 0.29) is 12.6 Å². The normalized spacial score (nSPS) is 10.5. The maximum Gasteiger partial charge on any atom is 0.338 e. The van der Waals surface area contributed by atoms with Gasteiger partial charge in [0.25, 0.3) is 0 Å². The van der Waals surface area contributed by atoms with Crippen LogP contribution in [0, 0.1) is 0 Å². The lowest BCUT2D eigenvalue weighted by Gasteiger charge is -2.07.